The molecule has 9 nitrogen and oxygen atoms in total. The summed E-state index contributed by atoms with van der Waals surface area (Å²) in [5.41, 5.74) is 7.59. The highest BCUT2D eigenvalue weighted by Gasteiger charge is 2.29. The first kappa shape index (κ1) is 28.8. The number of hydrazine groups is 1. The van der Waals surface area contributed by atoms with Gasteiger partial charge in [0, 0.05) is 87.8 Å². The Labute approximate surface area is 246 Å². The normalized spacial score (nSPS) is 17.7. The van der Waals surface area contributed by atoms with Gasteiger partial charge in [-0.15, -0.1) is 11.3 Å². The molecule has 5 heterocycles. The number of alkyl halides is 3. The number of rotatable bonds is 8. The van der Waals surface area contributed by atoms with Crippen LogP contribution in [0.3, 0.4) is 0 Å². The number of aryl methyl sites for hydroxylation is 1. The van der Waals surface area contributed by atoms with Crippen molar-refractivity contribution in [1.82, 2.24) is 34.7 Å². The van der Waals surface area contributed by atoms with E-state index >= 15 is 0 Å². The van der Waals surface area contributed by atoms with E-state index in [0.717, 1.165) is 94.2 Å². The second-order valence-electron chi connectivity index (χ2n) is 11.0. The summed E-state index contributed by atoms with van der Waals surface area (Å²) in [6.07, 6.45) is -3.83. The summed E-state index contributed by atoms with van der Waals surface area (Å²) in [4.78, 5) is 14.1. The number of halogens is 3. The quantitative estimate of drug-likeness (QED) is 0.316. The van der Waals surface area contributed by atoms with Gasteiger partial charge in [0.15, 0.2) is 5.82 Å². The smallest absolute Gasteiger partial charge is 0.331 e. The van der Waals surface area contributed by atoms with E-state index in [4.69, 9.17) is 0 Å². The Morgan fingerprint density at radius 3 is 2.52 bits per heavy atom. The van der Waals surface area contributed by atoms with E-state index in [2.05, 4.69) is 65.2 Å². The van der Waals surface area contributed by atoms with Crippen molar-refractivity contribution >= 4 is 38.3 Å². The Morgan fingerprint density at radius 2 is 1.79 bits per heavy atom. The highest BCUT2D eigenvalue weighted by Crippen LogP contribution is 2.33. The fourth-order valence-electron chi connectivity index (χ4n) is 5.89. The maximum atomic E-state index is 12.9. The van der Waals surface area contributed by atoms with E-state index in [-0.39, 0.29) is 4.88 Å². The van der Waals surface area contributed by atoms with E-state index in [9.17, 15) is 18.4 Å². The number of fused-ring (bicyclic) bond motifs is 2. The van der Waals surface area contributed by atoms with Crippen molar-refractivity contribution in [3.8, 4) is 6.07 Å². The molecule has 0 unspecified atom stereocenters. The molecule has 0 aliphatic carbocycles. The minimum Gasteiger partial charge on any atom is -0.331 e. The topological polar surface area (TPSA) is 88.3 Å². The lowest BCUT2D eigenvalue weighted by Crippen LogP contribution is -2.48. The summed E-state index contributed by atoms with van der Waals surface area (Å²) in [5.74, 6) is 0.536. The molecule has 6 rings (SSSR count). The predicted octanol–water partition coefficient (Wildman–Crippen LogP) is 3.98. The molecule has 0 amide bonds. The van der Waals surface area contributed by atoms with Gasteiger partial charge in [-0.3, -0.25) is 9.80 Å². The summed E-state index contributed by atoms with van der Waals surface area (Å²) >= 11 is 1.06. The minimum absolute atomic E-state index is 0.231. The fraction of sp³-hybridized carbons (Fsp3) is 0.483. The van der Waals surface area contributed by atoms with Crippen LogP contribution in [0.2, 0.25) is 0 Å². The first-order valence-corrected chi connectivity index (χ1v) is 15.1. The number of aromatic nitrogens is 3. The number of nitrogens with zero attached hydrogens (tertiary/aromatic N) is 7. The highest BCUT2D eigenvalue weighted by molar-refractivity contribution is 7.18. The molecule has 13 heteroatoms. The van der Waals surface area contributed by atoms with Crippen LogP contribution in [0.15, 0.2) is 30.6 Å². The van der Waals surface area contributed by atoms with Crippen LogP contribution < -0.4 is 10.7 Å². The van der Waals surface area contributed by atoms with Gasteiger partial charge < -0.3 is 15.3 Å². The van der Waals surface area contributed by atoms with Gasteiger partial charge >= 0.3 is 6.18 Å². The van der Waals surface area contributed by atoms with Crippen LogP contribution in [0.4, 0.5) is 19.0 Å². The molecule has 0 bridgehead atoms. The number of benzene rings is 1. The van der Waals surface area contributed by atoms with E-state index in [0.29, 0.717) is 21.7 Å². The highest BCUT2D eigenvalue weighted by atomic mass is 32.1. The van der Waals surface area contributed by atoms with Gasteiger partial charge in [0.05, 0.1) is 11.8 Å². The van der Waals surface area contributed by atoms with Crippen LogP contribution in [0, 0.1) is 18.3 Å². The molecule has 2 N–H and O–H groups in total. The third-order valence-corrected chi connectivity index (χ3v) is 9.26. The zero-order valence-corrected chi connectivity index (χ0v) is 24.4. The molecule has 1 aromatic carbocycles. The number of piperazine rings is 2. The molecule has 0 atom stereocenters. The van der Waals surface area contributed by atoms with Crippen LogP contribution in [-0.2, 0) is 19.5 Å². The molecule has 2 saturated heterocycles. The second-order valence-corrected chi connectivity index (χ2v) is 12.1. The number of nitrogens with one attached hydrogen (secondary N) is 2. The summed E-state index contributed by atoms with van der Waals surface area (Å²) in [6, 6.07) is 10.3. The van der Waals surface area contributed by atoms with Gasteiger partial charge in [-0.25, -0.2) is 15.0 Å². The van der Waals surface area contributed by atoms with Gasteiger partial charge in [-0.2, -0.15) is 18.4 Å². The predicted molar refractivity (Wildman–Crippen MR) is 158 cm³/mol. The lowest BCUT2D eigenvalue weighted by atomic mass is 10.0. The molecule has 0 saturated carbocycles. The summed E-state index contributed by atoms with van der Waals surface area (Å²) < 4.78 is 40.8. The van der Waals surface area contributed by atoms with Gasteiger partial charge in [0.2, 0.25) is 0 Å². The van der Waals surface area contributed by atoms with Crippen LogP contribution in [0.25, 0.3) is 21.1 Å². The van der Waals surface area contributed by atoms with Gasteiger partial charge in [0.25, 0.3) is 0 Å². The van der Waals surface area contributed by atoms with Crippen LogP contribution >= 0.6 is 11.3 Å². The molecule has 2 aliphatic heterocycles. The van der Waals surface area contributed by atoms with E-state index < -0.39 is 12.6 Å². The van der Waals surface area contributed by atoms with Crippen molar-refractivity contribution in [2.45, 2.75) is 32.6 Å². The maximum Gasteiger partial charge on any atom is 0.393 e. The van der Waals surface area contributed by atoms with E-state index in [1.807, 2.05) is 6.07 Å². The SMILES string of the molecule is Cc1c(CN2CCN(Nc3ncnc4sc(CC(F)(F)F)cc34)CC2)ccc2c1cc(C#N)n2CCN1CCNCC1. The zero-order chi connectivity index (χ0) is 29.3. The Morgan fingerprint density at radius 1 is 1.00 bits per heavy atom. The van der Waals surface area contributed by atoms with Crippen molar-refractivity contribution in [3.05, 3.63) is 52.3 Å². The zero-order valence-electron chi connectivity index (χ0n) is 23.5. The number of thiophene rings is 1. The van der Waals surface area contributed by atoms with Gasteiger partial charge in [0.1, 0.15) is 22.9 Å². The average Bonchev–Trinajstić information content (AvgIpc) is 3.55. The molecular formula is C29H34F3N9S. The average molecular weight is 598 g/mol. The number of anilines is 1. The first-order valence-electron chi connectivity index (χ1n) is 14.3. The molecule has 3 aromatic heterocycles. The van der Waals surface area contributed by atoms with Crippen molar-refractivity contribution in [3.63, 3.8) is 0 Å². The lowest BCUT2D eigenvalue weighted by molar-refractivity contribution is -0.126. The number of hydrogen-bond acceptors (Lipinski definition) is 9. The fourth-order valence-corrected chi connectivity index (χ4v) is 6.92. The number of nitriles is 1. The third kappa shape index (κ3) is 6.38. The largest absolute Gasteiger partial charge is 0.393 e. The molecule has 0 radical (unpaired) electrons. The van der Waals surface area contributed by atoms with Crippen molar-refractivity contribution in [2.24, 2.45) is 0 Å². The van der Waals surface area contributed by atoms with E-state index in [1.54, 1.807) is 6.07 Å². The summed E-state index contributed by atoms with van der Waals surface area (Å²) in [5, 5.41) is 17.0. The Balaban J connectivity index is 1.09. The Hall–Kier alpha value is -3.28. The number of hydrogen-bond donors (Lipinski definition) is 2. The van der Waals surface area contributed by atoms with Crippen LogP contribution in [0.1, 0.15) is 21.7 Å². The summed E-state index contributed by atoms with van der Waals surface area (Å²) in [6.45, 7) is 11.9. The van der Waals surface area contributed by atoms with Crippen molar-refractivity contribution < 1.29 is 13.2 Å². The second kappa shape index (κ2) is 12.1. The molecule has 222 valence electrons. The summed E-state index contributed by atoms with van der Waals surface area (Å²) in [7, 11) is 0. The third-order valence-electron chi connectivity index (χ3n) is 8.22. The maximum absolute atomic E-state index is 12.9. The standard InChI is InChI=1S/C29H34F3N9S/c1-20-21(2-3-26-24(20)14-22(17-33)41(26)13-10-38-6-4-34-5-7-38)18-39-8-11-40(12-9-39)37-27-25-15-23(16-29(30,31)32)42-28(25)36-19-35-27/h2-3,14-15,19,34H,4-13,16,18H2,1H3,(H,35,36,37). The molecule has 2 fully saturated rings. The van der Waals surface area contributed by atoms with Gasteiger partial charge in [-0.05, 0) is 36.2 Å². The molecule has 42 heavy (non-hydrogen) atoms. The van der Waals surface area contributed by atoms with Gasteiger partial charge in [-0.1, -0.05) is 6.07 Å². The van der Waals surface area contributed by atoms with Crippen molar-refractivity contribution in [2.75, 3.05) is 64.3 Å². The molecule has 2 aliphatic rings. The monoisotopic (exact) mass is 597 g/mol. The van der Waals surface area contributed by atoms with Crippen LogP contribution in [0.5, 0.6) is 0 Å². The van der Waals surface area contributed by atoms with Crippen molar-refractivity contribution in [1.29, 1.82) is 5.26 Å². The molecule has 4 aromatic rings. The lowest BCUT2D eigenvalue weighted by Gasteiger charge is -2.35. The minimum atomic E-state index is -4.26. The van der Waals surface area contributed by atoms with E-state index in [1.165, 1.54) is 17.5 Å². The molecular weight excluding hydrogens is 563 g/mol. The van der Waals surface area contributed by atoms with Crippen LogP contribution in [-0.4, -0.2) is 94.4 Å². The first-order chi connectivity index (χ1) is 20.3. The molecule has 0 spiro atoms. The Kier molecular flexibility index (Phi) is 8.33. The Bertz CT molecular complexity index is 1590.